The van der Waals surface area contributed by atoms with E-state index >= 15 is 0 Å². The maximum Gasteiger partial charge on any atom is 0.303 e. The van der Waals surface area contributed by atoms with Crippen LogP contribution in [0.2, 0.25) is 0 Å². The number of rotatable bonds is 4. The number of fused-ring (bicyclic) bond motifs is 1. The Morgan fingerprint density at radius 1 is 1.40 bits per heavy atom. The molecule has 4 heteroatoms. The molecule has 0 fully saturated rings. The molecule has 1 aromatic carbocycles. The van der Waals surface area contributed by atoms with Crippen LogP contribution in [0.5, 0.6) is 0 Å². The molecule has 3 rings (SSSR count). The van der Waals surface area contributed by atoms with E-state index < -0.39 is 5.97 Å². The molecule has 0 spiro atoms. The van der Waals surface area contributed by atoms with Gasteiger partial charge >= 0.3 is 5.97 Å². The van der Waals surface area contributed by atoms with Crippen molar-refractivity contribution in [1.82, 2.24) is 9.55 Å². The van der Waals surface area contributed by atoms with Gasteiger partial charge in [-0.05, 0) is 17.9 Å². The Labute approximate surface area is 118 Å². The van der Waals surface area contributed by atoms with Gasteiger partial charge in [-0.2, -0.15) is 0 Å². The molecule has 2 heterocycles. The Morgan fingerprint density at radius 3 is 2.85 bits per heavy atom. The van der Waals surface area contributed by atoms with E-state index in [2.05, 4.69) is 28.6 Å². The number of carboxylic acids is 1. The lowest BCUT2D eigenvalue weighted by atomic mass is 9.95. The molecular weight excluding hydrogens is 252 g/mol. The fraction of sp³-hybridized carbons (Fsp3) is 0.375. The fourth-order valence-corrected chi connectivity index (χ4v) is 3.13. The highest BCUT2D eigenvalue weighted by molar-refractivity contribution is 5.67. The molecule has 0 radical (unpaired) electrons. The van der Waals surface area contributed by atoms with Crippen molar-refractivity contribution < 1.29 is 9.90 Å². The minimum atomic E-state index is -0.761. The van der Waals surface area contributed by atoms with Gasteiger partial charge in [-0.25, -0.2) is 4.98 Å². The van der Waals surface area contributed by atoms with Gasteiger partial charge in [0.25, 0.3) is 0 Å². The first-order valence-electron chi connectivity index (χ1n) is 6.98. The van der Waals surface area contributed by atoms with E-state index in [1.54, 1.807) is 0 Å². The minimum Gasteiger partial charge on any atom is -0.481 e. The van der Waals surface area contributed by atoms with Crippen molar-refractivity contribution in [2.24, 2.45) is 5.92 Å². The highest BCUT2D eigenvalue weighted by Crippen LogP contribution is 2.37. The summed E-state index contributed by atoms with van der Waals surface area (Å²) in [7, 11) is 0. The van der Waals surface area contributed by atoms with Gasteiger partial charge in [0.05, 0.1) is 12.5 Å². The second-order valence-electron chi connectivity index (χ2n) is 5.47. The highest BCUT2D eigenvalue weighted by Gasteiger charge is 2.32. The van der Waals surface area contributed by atoms with E-state index in [9.17, 15) is 4.79 Å². The Kier molecular flexibility index (Phi) is 3.30. The molecule has 2 atom stereocenters. The molecule has 1 N–H and O–H groups in total. The summed E-state index contributed by atoms with van der Waals surface area (Å²) >= 11 is 0. The van der Waals surface area contributed by atoms with Crippen LogP contribution in [-0.4, -0.2) is 20.6 Å². The smallest absolute Gasteiger partial charge is 0.303 e. The lowest BCUT2D eigenvalue weighted by molar-refractivity contribution is -0.136. The number of carbonyl (C=O) groups is 1. The van der Waals surface area contributed by atoms with Crippen molar-refractivity contribution in [3.8, 4) is 0 Å². The largest absolute Gasteiger partial charge is 0.481 e. The van der Waals surface area contributed by atoms with E-state index in [1.165, 1.54) is 5.56 Å². The molecule has 2 aromatic rings. The SMILES string of the molecule is CC1Cc2ncc(CCC(=O)O)n2C1c1ccccc1. The van der Waals surface area contributed by atoms with E-state index in [1.807, 2.05) is 24.4 Å². The van der Waals surface area contributed by atoms with Crippen LogP contribution >= 0.6 is 0 Å². The standard InChI is InChI=1S/C16H18N2O2/c1-11-9-14-17-10-13(7-8-15(19)20)18(14)16(11)12-5-3-2-4-6-12/h2-6,10-11,16H,7-9H2,1H3,(H,19,20). The summed E-state index contributed by atoms with van der Waals surface area (Å²) < 4.78 is 2.24. The predicted molar refractivity (Wildman–Crippen MR) is 75.6 cm³/mol. The third-order valence-electron chi connectivity index (χ3n) is 4.01. The average Bonchev–Trinajstić information content (AvgIpc) is 2.95. The van der Waals surface area contributed by atoms with Crippen LogP contribution in [0.15, 0.2) is 36.5 Å². The molecule has 104 valence electrons. The van der Waals surface area contributed by atoms with Crippen molar-refractivity contribution in [3.05, 3.63) is 53.6 Å². The van der Waals surface area contributed by atoms with Crippen LogP contribution in [0, 0.1) is 5.92 Å². The third-order valence-corrected chi connectivity index (χ3v) is 4.01. The first kappa shape index (κ1) is 12.9. The van der Waals surface area contributed by atoms with E-state index in [0.29, 0.717) is 12.3 Å². The van der Waals surface area contributed by atoms with Crippen molar-refractivity contribution in [2.75, 3.05) is 0 Å². The van der Waals surface area contributed by atoms with Crippen LogP contribution in [-0.2, 0) is 17.6 Å². The summed E-state index contributed by atoms with van der Waals surface area (Å²) in [6.07, 6.45) is 3.48. The predicted octanol–water partition coefficient (Wildman–Crippen LogP) is 2.68. The number of carboxylic acid groups (broad SMARTS) is 1. The van der Waals surface area contributed by atoms with Gasteiger partial charge in [0, 0.05) is 18.3 Å². The van der Waals surface area contributed by atoms with Gasteiger partial charge in [-0.1, -0.05) is 37.3 Å². The topological polar surface area (TPSA) is 55.1 Å². The lowest BCUT2D eigenvalue weighted by Crippen LogP contribution is -2.15. The number of nitrogens with zero attached hydrogens (tertiary/aromatic N) is 2. The van der Waals surface area contributed by atoms with Crippen molar-refractivity contribution in [2.45, 2.75) is 32.2 Å². The van der Waals surface area contributed by atoms with Gasteiger partial charge in [-0.15, -0.1) is 0 Å². The van der Waals surface area contributed by atoms with Gasteiger partial charge in [0.2, 0.25) is 0 Å². The van der Waals surface area contributed by atoms with Gasteiger partial charge in [0.15, 0.2) is 0 Å². The summed E-state index contributed by atoms with van der Waals surface area (Å²) in [5.41, 5.74) is 2.30. The van der Waals surface area contributed by atoms with Crippen LogP contribution in [0.4, 0.5) is 0 Å². The summed E-state index contributed by atoms with van der Waals surface area (Å²) in [5, 5.41) is 8.87. The molecule has 1 aliphatic rings. The molecule has 0 saturated carbocycles. The van der Waals surface area contributed by atoms with Crippen LogP contribution in [0.1, 0.15) is 36.5 Å². The zero-order chi connectivity index (χ0) is 14.1. The monoisotopic (exact) mass is 270 g/mol. The van der Waals surface area contributed by atoms with Crippen molar-refractivity contribution >= 4 is 5.97 Å². The normalized spacial score (nSPS) is 20.9. The molecule has 0 saturated heterocycles. The molecule has 4 nitrogen and oxygen atoms in total. The first-order chi connectivity index (χ1) is 9.66. The molecule has 0 aliphatic carbocycles. The fourth-order valence-electron chi connectivity index (χ4n) is 3.13. The maximum atomic E-state index is 10.8. The Morgan fingerprint density at radius 2 is 2.15 bits per heavy atom. The van der Waals surface area contributed by atoms with Gasteiger partial charge < -0.3 is 9.67 Å². The first-order valence-corrected chi connectivity index (χ1v) is 6.98. The number of hydrogen-bond acceptors (Lipinski definition) is 2. The third kappa shape index (κ3) is 2.22. The highest BCUT2D eigenvalue weighted by atomic mass is 16.4. The number of aryl methyl sites for hydroxylation is 1. The van der Waals surface area contributed by atoms with Crippen molar-refractivity contribution in [1.29, 1.82) is 0 Å². The number of aliphatic carboxylic acids is 1. The Balaban J connectivity index is 1.96. The average molecular weight is 270 g/mol. The van der Waals surface area contributed by atoms with E-state index in [0.717, 1.165) is 17.9 Å². The van der Waals surface area contributed by atoms with Crippen LogP contribution < -0.4 is 0 Å². The number of benzene rings is 1. The molecule has 0 bridgehead atoms. The summed E-state index contributed by atoms with van der Waals surface area (Å²) in [6.45, 7) is 2.23. The Bertz CT molecular complexity index is 619. The molecule has 1 aromatic heterocycles. The lowest BCUT2D eigenvalue weighted by Gasteiger charge is -2.20. The van der Waals surface area contributed by atoms with E-state index in [4.69, 9.17) is 5.11 Å². The molecule has 20 heavy (non-hydrogen) atoms. The molecule has 0 amide bonds. The number of imidazole rings is 1. The number of aromatic nitrogens is 2. The summed E-state index contributed by atoms with van der Waals surface area (Å²) in [5.74, 6) is 0.805. The van der Waals surface area contributed by atoms with E-state index in [-0.39, 0.29) is 12.5 Å². The zero-order valence-electron chi connectivity index (χ0n) is 11.5. The van der Waals surface area contributed by atoms with Crippen LogP contribution in [0.25, 0.3) is 0 Å². The minimum absolute atomic E-state index is 0.154. The van der Waals surface area contributed by atoms with Gasteiger partial charge in [0.1, 0.15) is 5.82 Å². The van der Waals surface area contributed by atoms with Gasteiger partial charge in [-0.3, -0.25) is 4.79 Å². The number of hydrogen-bond donors (Lipinski definition) is 1. The summed E-state index contributed by atoms with van der Waals surface area (Å²) in [4.78, 5) is 15.3. The summed E-state index contributed by atoms with van der Waals surface area (Å²) in [6, 6.07) is 10.7. The quantitative estimate of drug-likeness (QED) is 0.929. The molecule has 2 unspecified atom stereocenters. The van der Waals surface area contributed by atoms with Crippen molar-refractivity contribution in [3.63, 3.8) is 0 Å². The second-order valence-corrected chi connectivity index (χ2v) is 5.47. The Hall–Kier alpha value is -2.10. The molecular formula is C16H18N2O2. The second kappa shape index (κ2) is 5.12. The zero-order valence-corrected chi connectivity index (χ0v) is 11.5. The molecule has 1 aliphatic heterocycles. The van der Waals surface area contributed by atoms with Crippen LogP contribution in [0.3, 0.4) is 0 Å². The maximum absolute atomic E-state index is 10.8.